The Kier molecular flexibility index (Phi) is 5.76. The van der Waals surface area contributed by atoms with E-state index in [9.17, 15) is 9.59 Å². The fourth-order valence-electron chi connectivity index (χ4n) is 2.40. The molecule has 1 aromatic rings. The summed E-state index contributed by atoms with van der Waals surface area (Å²) in [5.74, 6) is -0.132. The number of thiophene rings is 1. The molecule has 2 heterocycles. The van der Waals surface area contributed by atoms with Crippen molar-refractivity contribution in [3.63, 3.8) is 0 Å². The molecule has 6 heteroatoms. The van der Waals surface area contributed by atoms with E-state index >= 15 is 0 Å². The third kappa shape index (κ3) is 4.28. The molecular formula is C15H22N2O3S. The lowest BCUT2D eigenvalue weighted by molar-refractivity contribution is -0.133. The number of amides is 2. The maximum atomic E-state index is 12.3. The lowest BCUT2D eigenvalue weighted by atomic mass is 10.2. The van der Waals surface area contributed by atoms with Crippen LogP contribution < -0.4 is 0 Å². The predicted octanol–water partition coefficient (Wildman–Crippen LogP) is 1.85. The van der Waals surface area contributed by atoms with Gasteiger partial charge in [0.1, 0.15) is 0 Å². The predicted molar refractivity (Wildman–Crippen MR) is 82.5 cm³/mol. The number of nitrogens with zero attached hydrogens (tertiary/aromatic N) is 2. The van der Waals surface area contributed by atoms with Crippen LogP contribution in [-0.4, -0.2) is 61.0 Å². The maximum Gasteiger partial charge on any atom is 0.264 e. The second kappa shape index (κ2) is 7.56. The third-order valence-electron chi connectivity index (χ3n) is 3.63. The molecule has 5 nitrogen and oxygen atoms in total. The van der Waals surface area contributed by atoms with Crippen molar-refractivity contribution in [2.75, 3.05) is 33.3 Å². The second-order valence-electron chi connectivity index (χ2n) is 5.21. The molecule has 0 N–H and O–H groups in total. The largest absolute Gasteiger partial charge is 0.376 e. The van der Waals surface area contributed by atoms with E-state index in [2.05, 4.69) is 0 Å². The van der Waals surface area contributed by atoms with Gasteiger partial charge in [0.15, 0.2) is 0 Å². The monoisotopic (exact) mass is 310 g/mol. The molecule has 1 fully saturated rings. The molecule has 0 unspecified atom stereocenters. The molecule has 1 saturated heterocycles. The molecule has 1 aromatic heterocycles. The van der Waals surface area contributed by atoms with E-state index in [1.807, 2.05) is 18.4 Å². The SMILES string of the molecule is CCN(C[C@H]1CCCO1)C(=O)CN(C)C(=O)c1cccs1. The summed E-state index contributed by atoms with van der Waals surface area (Å²) in [5, 5.41) is 1.86. The molecule has 0 bridgehead atoms. The minimum Gasteiger partial charge on any atom is -0.376 e. The minimum absolute atomic E-state index is 0.0274. The first kappa shape index (κ1) is 16.0. The molecule has 0 aromatic carbocycles. The van der Waals surface area contributed by atoms with Gasteiger partial charge in [-0.15, -0.1) is 11.3 Å². The van der Waals surface area contributed by atoms with E-state index in [0.29, 0.717) is 18.0 Å². The molecular weight excluding hydrogens is 288 g/mol. The Labute approximate surface area is 129 Å². The van der Waals surface area contributed by atoms with E-state index < -0.39 is 0 Å². The Morgan fingerprint density at radius 2 is 2.29 bits per heavy atom. The summed E-state index contributed by atoms with van der Waals surface area (Å²) in [7, 11) is 1.67. The highest BCUT2D eigenvalue weighted by Crippen LogP contribution is 2.14. The zero-order chi connectivity index (χ0) is 15.2. The van der Waals surface area contributed by atoms with Gasteiger partial charge in [0.25, 0.3) is 5.91 Å². The number of rotatable bonds is 6. The smallest absolute Gasteiger partial charge is 0.264 e. The third-order valence-corrected chi connectivity index (χ3v) is 4.49. The minimum atomic E-state index is -0.105. The Morgan fingerprint density at radius 3 is 2.86 bits per heavy atom. The van der Waals surface area contributed by atoms with Crippen molar-refractivity contribution in [2.45, 2.75) is 25.9 Å². The summed E-state index contributed by atoms with van der Waals surface area (Å²) in [6.07, 6.45) is 2.22. The zero-order valence-electron chi connectivity index (χ0n) is 12.6. The van der Waals surface area contributed by atoms with Gasteiger partial charge in [-0.25, -0.2) is 0 Å². The molecule has 0 aliphatic carbocycles. The number of hydrogen-bond acceptors (Lipinski definition) is 4. The average molecular weight is 310 g/mol. The van der Waals surface area contributed by atoms with Crippen molar-refractivity contribution < 1.29 is 14.3 Å². The van der Waals surface area contributed by atoms with Crippen LogP contribution >= 0.6 is 11.3 Å². The van der Waals surface area contributed by atoms with Crippen molar-refractivity contribution in [1.82, 2.24) is 9.80 Å². The van der Waals surface area contributed by atoms with E-state index in [1.165, 1.54) is 16.2 Å². The Hall–Kier alpha value is -1.40. The van der Waals surface area contributed by atoms with Gasteiger partial charge in [0.05, 0.1) is 17.5 Å². The topological polar surface area (TPSA) is 49.9 Å². The Balaban J connectivity index is 1.87. The molecule has 0 saturated carbocycles. The van der Waals surface area contributed by atoms with Crippen LogP contribution in [0, 0.1) is 0 Å². The molecule has 1 atom stereocenters. The first-order valence-electron chi connectivity index (χ1n) is 7.30. The van der Waals surface area contributed by atoms with Crippen LogP contribution in [0.5, 0.6) is 0 Å². The molecule has 21 heavy (non-hydrogen) atoms. The van der Waals surface area contributed by atoms with Gasteiger partial charge in [-0.1, -0.05) is 6.07 Å². The number of carbonyl (C=O) groups is 2. The highest BCUT2D eigenvalue weighted by atomic mass is 32.1. The molecule has 116 valence electrons. The molecule has 0 spiro atoms. The second-order valence-corrected chi connectivity index (χ2v) is 6.15. The zero-order valence-corrected chi connectivity index (χ0v) is 13.4. The molecule has 2 amide bonds. The highest BCUT2D eigenvalue weighted by Gasteiger charge is 2.23. The standard InChI is InChI=1S/C15H22N2O3S/c1-3-17(10-12-6-4-8-20-12)14(18)11-16(2)15(19)13-7-5-9-21-13/h5,7,9,12H,3-4,6,8,10-11H2,1-2H3/t12-/m1/s1. The summed E-state index contributed by atoms with van der Waals surface area (Å²) in [4.78, 5) is 28.4. The van der Waals surface area contributed by atoms with Crippen LogP contribution in [0.3, 0.4) is 0 Å². The van der Waals surface area contributed by atoms with Crippen molar-refractivity contribution >= 4 is 23.2 Å². The van der Waals surface area contributed by atoms with Gasteiger partial charge in [0.2, 0.25) is 5.91 Å². The van der Waals surface area contributed by atoms with Crippen molar-refractivity contribution in [1.29, 1.82) is 0 Å². The maximum absolute atomic E-state index is 12.3. The van der Waals surface area contributed by atoms with Crippen molar-refractivity contribution in [3.8, 4) is 0 Å². The van der Waals surface area contributed by atoms with Gasteiger partial charge >= 0.3 is 0 Å². The summed E-state index contributed by atoms with van der Waals surface area (Å²) in [6.45, 7) is 4.11. The highest BCUT2D eigenvalue weighted by molar-refractivity contribution is 7.12. The summed E-state index contributed by atoms with van der Waals surface area (Å²) in [6, 6.07) is 3.61. The quantitative estimate of drug-likeness (QED) is 0.806. The fraction of sp³-hybridized carbons (Fsp3) is 0.600. The Bertz CT molecular complexity index is 469. The first-order valence-corrected chi connectivity index (χ1v) is 8.18. The van der Waals surface area contributed by atoms with E-state index in [-0.39, 0.29) is 24.5 Å². The number of carbonyl (C=O) groups excluding carboxylic acids is 2. The summed E-state index contributed by atoms with van der Waals surface area (Å²) < 4.78 is 5.57. The first-order chi connectivity index (χ1) is 10.1. The van der Waals surface area contributed by atoms with Crippen molar-refractivity contribution in [3.05, 3.63) is 22.4 Å². The molecule has 1 aliphatic heterocycles. The van der Waals surface area contributed by atoms with Crippen LogP contribution in [0.2, 0.25) is 0 Å². The van der Waals surface area contributed by atoms with Gasteiger partial charge in [-0.3, -0.25) is 9.59 Å². The summed E-state index contributed by atoms with van der Waals surface area (Å²) >= 11 is 1.39. The van der Waals surface area contributed by atoms with Crippen LogP contribution in [0.15, 0.2) is 17.5 Å². The molecule has 1 aliphatic rings. The lowest BCUT2D eigenvalue weighted by Crippen LogP contribution is -2.43. The molecule has 2 rings (SSSR count). The van der Waals surface area contributed by atoms with E-state index in [1.54, 1.807) is 18.0 Å². The van der Waals surface area contributed by atoms with Crippen LogP contribution in [0.25, 0.3) is 0 Å². The fourth-order valence-corrected chi connectivity index (χ4v) is 3.12. The van der Waals surface area contributed by atoms with Gasteiger partial charge in [-0.05, 0) is 31.2 Å². The van der Waals surface area contributed by atoms with Gasteiger partial charge < -0.3 is 14.5 Å². The number of ether oxygens (including phenoxy) is 1. The number of hydrogen-bond donors (Lipinski definition) is 0. The number of likely N-dealkylation sites (N-methyl/N-ethyl adjacent to an activating group) is 2. The lowest BCUT2D eigenvalue weighted by Gasteiger charge is -2.26. The molecule has 0 radical (unpaired) electrons. The van der Waals surface area contributed by atoms with Crippen LogP contribution in [0.1, 0.15) is 29.4 Å². The van der Waals surface area contributed by atoms with Gasteiger partial charge in [-0.2, -0.15) is 0 Å². The summed E-state index contributed by atoms with van der Waals surface area (Å²) in [5.41, 5.74) is 0. The average Bonchev–Trinajstić information content (AvgIpc) is 3.16. The van der Waals surface area contributed by atoms with Crippen LogP contribution in [0.4, 0.5) is 0 Å². The van der Waals surface area contributed by atoms with Crippen LogP contribution in [-0.2, 0) is 9.53 Å². The normalized spacial score (nSPS) is 17.7. The van der Waals surface area contributed by atoms with E-state index in [0.717, 1.165) is 19.4 Å². The Morgan fingerprint density at radius 1 is 1.48 bits per heavy atom. The van der Waals surface area contributed by atoms with E-state index in [4.69, 9.17) is 4.74 Å². The van der Waals surface area contributed by atoms with Crippen molar-refractivity contribution in [2.24, 2.45) is 0 Å². The van der Waals surface area contributed by atoms with Gasteiger partial charge in [0, 0.05) is 26.7 Å².